The SMILES string of the molecule is Cc1ccccc1-c1cn(C)cc1C(=O)O. The summed E-state index contributed by atoms with van der Waals surface area (Å²) in [7, 11) is 1.83. The lowest BCUT2D eigenvalue weighted by atomic mass is 10.00. The molecule has 3 heteroatoms. The zero-order valence-corrected chi connectivity index (χ0v) is 9.27. The normalized spacial score (nSPS) is 10.4. The Hall–Kier alpha value is -2.03. The summed E-state index contributed by atoms with van der Waals surface area (Å²) in [5.41, 5.74) is 3.17. The van der Waals surface area contributed by atoms with E-state index in [1.54, 1.807) is 10.8 Å². The van der Waals surface area contributed by atoms with Gasteiger partial charge in [0.05, 0.1) is 5.56 Å². The van der Waals surface area contributed by atoms with E-state index < -0.39 is 5.97 Å². The minimum Gasteiger partial charge on any atom is -0.478 e. The van der Waals surface area contributed by atoms with Crippen LogP contribution in [0.1, 0.15) is 15.9 Å². The molecular weight excluding hydrogens is 202 g/mol. The fraction of sp³-hybridized carbons (Fsp3) is 0.154. The van der Waals surface area contributed by atoms with Gasteiger partial charge in [0.2, 0.25) is 0 Å². The summed E-state index contributed by atoms with van der Waals surface area (Å²) in [6.45, 7) is 1.98. The molecule has 82 valence electrons. The lowest BCUT2D eigenvalue weighted by Gasteiger charge is -2.04. The van der Waals surface area contributed by atoms with Crippen molar-refractivity contribution in [2.75, 3.05) is 0 Å². The van der Waals surface area contributed by atoms with Gasteiger partial charge in [-0.15, -0.1) is 0 Å². The molecule has 1 aromatic carbocycles. The van der Waals surface area contributed by atoms with Gasteiger partial charge in [0.1, 0.15) is 0 Å². The summed E-state index contributed by atoms with van der Waals surface area (Å²) in [6, 6.07) is 7.79. The highest BCUT2D eigenvalue weighted by Crippen LogP contribution is 2.27. The maximum atomic E-state index is 11.1. The number of carbonyl (C=O) groups is 1. The molecule has 0 aliphatic heterocycles. The molecular formula is C13H13NO2. The van der Waals surface area contributed by atoms with E-state index in [1.165, 1.54) is 0 Å². The molecule has 16 heavy (non-hydrogen) atoms. The fourth-order valence-electron chi connectivity index (χ4n) is 1.84. The van der Waals surface area contributed by atoms with E-state index in [0.717, 1.165) is 16.7 Å². The maximum absolute atomic E-state index is 11.1. The highest BCUT2D eigenvalue weighted by atomic mass is 16.4. The Morgan fingerprint density at radius 2 is 1.88 bits per heavy atom. The second-order valence-corrected chi connectivity index (χ2v) is 3.87. The summed E-state index contributed by atoms with van der Waals surface area (Å²) in [6.07, 6.45) is 3.47. The first-order valence-corrected chi connectivity index (χ1v) is 5.05. The minimum atomic E-state index is -0.890. The fourth-order valence-corrected chi connectivity index (χ4v) is 1.84. The van der Waals surface area contributed by atoms with E-state index >= 15 is 0 Å². The Labute approximate surface area is 94.0 Å². The molecule has 0 saturated heterocycles. The molecule has 0 aliphatic rings. The molecule has 2 rings (SSSR count). The van der Waals surface area contributed by atoms with Gasteiger partial charge in [-0.25, -0.2) is 4.79 Å². The van der Waals surface area contributed by atoms with Crippen LogP contribution in [0.15, 0.2) is 36.7 Å². The van der Waals surface area contributed by atoms with E-state index in [9.17, 15) is 4.79 Å². The zero-order chi connectivity index (χ0) is 11.7. The van der Waals surface area contributed by atoms with E-state index in [1.807, 2.05) is 44.4 Å². The number of aromatic carboxylic acids is 1. The molecule has 0 atom stereocenters. The van der Waals surface area contributed by atoms with E-state index in [0.29, 0.717) is 5.56 Å². The summed E-state index contributed by atoms with van der Waals surface area (Å²) in [5.74, 6) is -0.890. The topological polar surface area (TPSA) is 42.2 Å². The van der Waals surface area contributed by atoms with Crippen molar-refractivity contribution < 1.29 is 9.90 Å². The van der Waals surface area contributed by atoms with Crippen LogP contribution in [0.3, 0.4) is 0 Å². The highest BCUT2D eigenvalue weighted by molar-refractivity contribution is 5.96. The van der Waals surface area contributed by atoms with Crippen molar-refractivity contribution in [1.29, 1.82) is 0 Å². The molecule has 0 saturated carbocycles. The molecule has 3 nitrogen and oxygen atoms in total. The Kier molecular flexibility index (Phi) is 2.52. The summed E-state index contributed by atoms with van der Waals surface area (Å²) < 4.78 is 1.77. The van der Waals surface area contributed by atoms with Gasteiger partial charge in [-0.05, 0) is 18.1 Å². The second-order valence-electron chi connectivity index (χ2n) is 3.87. The minimum absolute atomic E-state index is 0.344. The van der Waals surface area contributed by atoms with Gasteiger partial charge in [-0.1, -0.05) is 24.3 Å². The maximum Gasteiger partial charge on any atom is 0.337 e. The number of aromatic nitrogens is 1. The van der Waals surface area contributed by atoms with Crippen LogP contribution in [-0.2, 0) is 7.05 Å². The van der Waals surface area contributed by atoms with Crippen LogP contribution in [0.2, 0.25) is 0 Å². The van der Waals surface area contributed by atoms with Crippen molar-refractivity contribution in [3.63, 3.8) is 0 Å². The van der Waals surface area contributed by atoms with Crippen LogP contribution in [-0.4, -0.2) is 15.6 Å². The number of hydrogen-bond acceptors (Lipinski definition) is 1. The van der Waals surface area contributed by atoms with Gasteiger partial charge in [0.25, 0.3) is 0 Å². The van der Waals surface area contributed by atoms with E-state index in [-0.39, 0.29) is 0 Å². The van der Waals surface area contributed by atoms with Gasteiger partial charge < -0.3 is 9.67 Å². The third-order valence-corrected chi connectivity index (χ3v) is 2.62. The summed E-state index contributed by atoms with van der Waals surface area (Å²) in [4.78, 5) is 11.1. The second kappa shape index (κ2) is 3.85. The van der Waals surface area contributed by atoms with Gasteiger partial charge in [0, 0.05) is 25.0 Å². The molecule has 0 amide bonds. The average Bonchev–Trinajstić information content (AvgIpc) is 2.61. The predicted octanol–water partition coefficient (Wildman–Crippen LogP) is 2.70. The number of carboxylic acid groups (broad SMARTS) is 1. The van der Waals surface area contributed by atoms with Crippen LogP contribution >= 0.6 is 0 Å². The largest absolute Gasteiger partial charge is 0.478 e. The molecule has 1 heterocycles. The first kappa shape index (κ1) is 10.5. The summed E-state index contributed by atoms with van der Waals surface area (Å²) >= 11 is 0. The Morgan fingerprint density at radius 1 is 1.19 bits per heavy atom. The Balaban J connectivity index is 2.64. The molecule has 0 spiro atoms. The molecule has 1 N–H and O–H groups in total. The third kappa shape index (κ3) is 1.72. The monoisotopic (exact) mass is 215 g/mol. The van der Waals surface area contributed by atoms with Gasteiger partial charge >= 0.3 is 5.97 Å². The van der Waals surface area contributed by atoms with Crippen LogP contribution in [0.5, 0.6) is 0 Å². The van der Waals surface area contributed by atoms with Gasteiger partial charge in [-0.2, -0.15) is 0 Å². The molecule has 0 radical (unpaired) electrons. The molecule has 2 aromatic rings. The third-order valence-electron chi connectivity index (χ3n) is 2.62. The van der Waals surface area contributed by atoms with Crippen molar-refractivity contribution in [3.8, 4) is 11.1 Å². The van der Waals surface area contributed by atoms with Crippen LogP contribution in [0.25, 0.3) is 11.1 Å². The number of aryl methyl sites for hydroxylation is 2. The molecule has 0 fully saturated rings. The lowest BCUT2D eigenvalue weighted by Crippen LogP contribution is -1.96. The molecule has 0 bridgehead atoms. The van der Waals surface area contributed by atoms with E-state index in [2.05, 4.69) is 0 Å². The first-order chi connectivity index (χ1) is 7.59. The number of rotatable bonds is 2. The Bertz CT molecular complexity index is 541. The lowest BCUT2D eigenvalue weighted by molar-refractivity contribution is 0.0697. The quantitative estimate of drug-likeness (QED) is 0.836. The zero-order valence-electron chi connectivity index (χ0n) is 9.27. The van der Waals surface area contributed by atoms with Crippen LogP contribution in [0.4, 0.5) is 0 Å². The van der Waals surface area contributed by atoms with Gasteiger partial charge in [0.15, 0.2) is 0 Å². The predicted molar refractivity (Wildman–Crippen MR) is 62.5 cm³/mol. The summed E-state index contributed by atoms with van der Waals surface area (Å²) in [5, 5.41) is 9.12. The first-order valence-electron chi connectivity index (χ1n) is 5.05. The number of nitrogens with zero attached hydrogens (tertiary/aromatic N) is 1. The van der Waals surface area contributed by atoms with E-state index in [4.69, 9.17) is 5.11 Å². The average molecular weight is 215 g/mol. The Morgan fingerprint density at radius 3 is 2.50 bits per heavy atom. The van der Waals surface area contributed by atoms with Crippen molar-refractivity contribution in [2.24, 2.45) is 7.05 Å². The smallest absolute Gasteiger partial charge is 0.337 e. The standard InChI is InChI=1S/C13H13NO2/c1-9-5-3-4-6-10(9)11-7-14(2)8-12(11)13(15)16/h3-8H,1-2H3,(H,15,16). The number of carboxylic acids is 1. The van der Waals surface area contributed by atoms with Crippen molar-refractivity contribution in [3.05, 3.63) is 47.8 Å². The van der Waals surface area contributed by atoms with Gasteiger partial charge in [-0.3, -0.25) is 0 Å². The number of hydrogen-bond donors (Lipinski definition) is 1. The van der Waals surface area contributed by atoms with Crippen molar-refractivity contribution in [1.82, 2.24) is 4.57 Å². The number of benzene rings is 1. The molecule has 0 unspecified atom stereocenters. The molecule has 0 aliphatic carbocycles. The molecule has 1 aromatic heterocycles. The van der Waals surface area contributed by atoms with Crippen LogP contribution in [0, 0.1) is 6.92 Å². The van der Waals surface area contributed by atoms with Crippen LogP contribution < -0.4 is 0 Å². The van der Waals surface area contributed by atoms with Crippen molar-refractivity contribution in [2.45, 2.75) is 6.92 Å². The van der Waals surface area contributed by atoms with Crippen molar-refractivity contribution >= 4 is 5.97 Å². The highest BCUT2D eigenvalue weighted by Gasteiger charge is 2.14.